The Labute approximate surface area is 133 Å². The van der Waals surface area contributed by atoms with Gasteiger partial charge in [-0.1, -0.05) is 13.8 Å². The van der Waals surface area contributed by atoms with Gasteiger partial charge < -0.3 is 11.1 Å². The van der Waals surface area contributed by atoms with Crippen LogP contribution in [0.2, 0.25) is 0 Å². The number of amides is 2. The van der Waals surface area contributed by atoms with E-state index >= 15 is 0 Å². The van der Waals surface area contributed by atoms with Crippen molar-refractivity contribution in [1.82, 2.24) is 9.78 Å². The van der Waals surface area contributed by atoms with E-state index in [1.807, 2.05) is 13.8 Å². The summed E-state index contributed by atoms with van der Waals surface area (Å²) in [5.41, 5.74) is 5.91. The molecule has 0 atom stereocenters. The van der Waals surface area contributed by atoms with Crippen LogP contribution < -0.4 is 16.6 Å². The van der Waals surface area contributed by atoms with Crippen LogP contribution in [0.3, 0.4) is 0 Å². The van der Waals surface area contributed by atoms with E-state index in [1.54, 1.807) is 12.1 Å². The Morgan fingerprint density at radius 1 is 1.17 bits per heavy atom. The molecule has 3 N–H and O–H groups in total. The van der Waals surface area contributed by atoms with Crippen LogP contribution >= 0.6 is 0 Å². The van der Waals surface area contributed by atoms with E-state index in [0.717, 1.165) is 0 Å². The van der Waals surface area contributed by atoms with Crippen molar-refractivity contribution in [2.45, 2.75) is 20.4 Å². The van der Waals surface area contributed by atoms with Crippen LogP contribution in [0.1, 0.15) is 34.7 Å². The van der Waals surface area contributed by atoms with Crippen LogP contribution in [0.15, 0.2) is 41.2 Å². The van der Waals surface area contributed by atoms with Crippen LogP contribution in [-0.4, -0.2) is 21.6 Å². The van der Waals surface area contributed by atoms with Crippen molar-refractivity contribution in [2.75, 3.05) is 5.32 Å². The summed E-state index contributed by atoms with van der Waals surface area (Å²) in [6.45, 7) is 4.36. The predicted octanol–water partition coefficient (Wildman–Crippen LogP) is 1.25. The molecule has 120 valence electrons. The van der Waals surface area contributed by atoms with Gasteiger partial charge in [-0.2, -0.15) is 5.10 Å². The Morgan fingerprint density at radius 3 is 2.39 bits per heavy atom. The highest BCUT2D eigenvalue weighted by Crippen LogP contribution is 2.10. The number of aromatic nitrogens is 2. The monoisotopic (exact) mass is 314 g/mol. The maximum Gasteiger partial charge on any atom is 0.276 e. The van der Waals surface area contributed by atoms with Crippen molar-refractivity contribution < 1.29 is 9.59 Å². The fraction of sp³-hybridized carbons (Fsp3) is 0.250. The number of nitrogens with one attached hydrogen (secondary N) is 1. The first kappa shape index (κ1) is 16.4. The Morgan fingerprint density at radius 2 is 1.83 bits per heavy atom. The maximum atomic E-state index is 12.2. The number of hydrogen-bond donors (Lipinski definition) is 2. The van der Waals surface area contributed by atoms with E-state index in [9.17, 15) is 14.4 Å². The molecule has 0 aliphatic carbocycles. The minimum atomic E-state index is -0.537. The summed E-state index contributed by atoms with van der Waals surface area (Å²) in [5, 5.41) is 6.73. The molecule has 2 rings (SSSR count). The van der Waals surface area contributed by atoms with Gasteiger partial charge in [0.2, 0.25) is 5.91 Å². The van der Waals surface area contributed by atoms with Crippen molar-refractivity contribution >= 4 is 17.5 Å². The van der Waals surface area contributed by atoms with E-state index in [0.29, 0.717) is 17.8 Å². The summed E-state index contributed by atoms with van der Waals surface area (Å²) in [5.74, 6) is -0.737. The lowest BCUT2D eigenvalue weighted by Gasteiger charge is -2.09. The van der Waals surface area contributed by atoms with E-state index in [4.69, 9.17) is 5.73 Å². The zero-order valence-electron chi connectivity index (χ0n) is 12.9. The largest absolute Gasteiger partial charge is 0.366 e. The van der Waals surface area contributed by atoms with Crippen LogP contribution in [-0.2, 0) is 6.54 Å². The summed E-state index contributed by atoms with van der Waals surface area (Å²) in [7, 11) is 0. The third kappa shape index (κ3) is 4.26. The Balaban J connectivity index is 2.17. The lowest BCUT2D eigenvalue weighted by atomic mass is 10.2. The second kappa shape index (κ2) is 6.87. The van der Waals surface area contributed by atoms with Crippen LogP contribution in [0.5, 0.6) is 0 Å². The van der Waals surface area contributed by atoms with E-state index < -0.39 is 11.8 Å². The number of carbonyl (C=O) groups is 2. The average Bonchev–Trinajstić information content (AvgIpc) is 2.49. The highest BCUT2D eigenvalue weighted by molar-refractivity contribution is 6.03. The molecule has 23 heavy (non-hydrogen) atoms. The summed E-state index contributed by atoms with van der Waals surface area (Å²) in [6, 6.07) is 8.88. The summed E-state index contributed by atoms with van der Waals surface area (Å²) < 4.78 is 1.27. The van der Waals surface area contributed by atoms with Gasteiger partial charge in [-0.3, -0.25) is 14.4 Å². The van der Waals surface area contributed by atoms with Crippen LogP contribution in [0.4, 0.5) is 5.69 Å². The Bertz CT molecular complexity index is 779. The predicted molar refractivity (Wildman–Crippen MR) is 86.2 cm³/mol. The van der Waals surface area contributed by atoms with Crippen molar-refractivity contribution in [3.63, 3.8) is 0 Å². The number of anilines is 1. The highest BCUT2D eigenvalue weighted by atomic mass is 16.2. The maximum absolute atomic E-state index is 12.2. The van der Waals surface area contributed by atoms with Gasteiger partial charge in [0.1, 0.15) is 5.69 Å². The summed E-state index contributed by atoms with van der Waals surface area (Å²) in [6.07, 6.45) is 0. The third-order valence-electron chi connectivity index (χ3n) is 3.06. The zero-order chi connectivity index (χ0) is 17.0. The highest BCUT2D eigenvalue weighted by Gasteiger charge is 2.11. The summed E-state index contributed by atoms with van der Waals surface area (Å²) in [4.78, 5) is 34.9. The zero-order valence-corrected chi connectivity index (χ0v) is 12.9. The minimum Gasteiger partial charge on any atom is -0.366 e. The first-order valence-corrected chi connectivity index (χ1v) is 7.16. The molecule has 2 amide bonds. The molecular formula is C16H18N4O3. The first-order chi connectivity index (χ1) is 10.9. The number of rotatable bonds is 5. The molecule has 1 heterocycles. The smallest absolute Gasteiger partial charge is 0.276 e. The van der Waals surface area contributed by atoms with Gasteiger partial charge in [0.25, 0.3) is 11.5 Å². The van der Waals surface area contributed by atoms with Crippen LogP contribution in [0, 0.1) is 5.92 Å². The second-order valence-electron chi connectivity index (χ2n) is 5.53. The standard InChI is InChI=1S/C16H18N4O3/c1-10(2)9-20-14(21)8-7-13(19-20)16(23)18-12-5-3-11(4-6-12)15(17)22/h3-8,10H,9H2,1-2H3,(H2,17,22)(H,18,23). The molecule has 0 saturated carbocycles. The lowest BCUT2D eigenvalue weighted by molar-refractivity contribution is 0.0997. The van der Waals surface area contributed by atoms with E-state index in [2.05, 4.69) is 10.4 Å². The molecule has 0 saturated heterocycles. The molecule has 7 heteroatoms. The second-order valence-corrected chi connectivity index (χ2v) is 5.53. The van der Waals surface area contributed by atoms with Gasteiger partial charge >= 0.3 is 0 Å². The fourth-order valence-electron chi connectivity index (χ4n) is 1.96. The number of nitrogens with two attached hydrogens (primary N) is 1. The number of nitrogens with zero attached hydrogens (tertiary/aromatic N) is 2. The van der Waals surface area contributed by atoms with E-state index in [-0.39, 0.29) is 17.2 Å². The van der Waals surface area contributed by atoms with Crippen molar-refractivity contribution in [3.05, 3.63) is 58.0 Å². The van der Waals surface area contributed by atoms with Crippen LogP contribution in [0.25, 0.3) is 0 Å². The van der Waals surface area contributed by atoms with Gasteiger partial charge in [0, 0.05) is 23.9 Å². The molecular weight excluding hydrogens is 296 g/mol. The SMILES string of the molecule is CC(C)Cn1nc(C(=O)Nc2ccc(C(N)=O)cc2)ccc1=O. The molecule has 2 aromatic rings. The van der Waals surface area contributed by atoms with Gasteiger partial charge in [0.15, 0.2) is 0 Å². The quantitative estimate of drug-likeness (QED) is 0.866. The molecule has 1 aromatic carbocycles. The van der Waals surface area contributed by atoms with E-state index in [1.165, 1.54) is 28.9 Å². The average molecular weight is 314 g/mol. The lowest BCUT2D eigenvalue weighted by Crippen LogP contribution is -2.27. The molecule has 0 bridgehead atoms. The third-order valence-corrected chi connectivity index (χ3v) is 3.06. The number of carbonyl (C=O) groups excluding carboxylic acids is 2. The first-order valence-electron chi connectivity index (χ1n) is 7.16. The van der Waals surface area contributed by atoms with Gasteiger partial charge in [0.05, 0.1) is 0 Å². The topological polar surface area (TPSA) is 107 Å². The molecule has 0 radical (unpaired) electrons. The fourth-order valence-corrected chi connectivity index (χ4v) is 1.96. The summed E-state index contributed by atoms with van der Waals surface area (Å²) >= 11 is 0. The number of primary amides is 1. The number of benzene rings is 1. The van der Waals surface area contributed by atoms with Gasteiger partial charge in [-0.15, -0.1) is 0 Å². The molecule has 1 aromatic heterocycles. The Hall–Kier alpha value is -2.96. The normalized spacial score (nSPS) is 10.6. The van der Waals surface area contributed by atoms with Crippen molar-refractivity contribution in [1.29, 1.82) is 0 Å². The Kier molecular flexibility index (Phi) is 4.90. The molecule has 7 nitrogen and oxygen atoms in total. The van der Waals surface area contributed by atoms with Gasteiger partial charge in [-0.25, -0.2) is 4.68 Å². The number of hydrogen-bond acceptors (Lipinski definition) is 4. The van der Waals surface area contributed by atoms with Crippen molar-refractivity contribution in [3.8, 4) is 0 Å². The molecule has 0 unspecified atom stereocenters. The van der Waals surface area contributed by atoms with Crippen molar-refractivity contribution in [2.24, 2.45) is 11.7 Å². The molecule has 0 aliphatic rings. The molecule has 0 spiro atoms. The minimum absolute atomic E-state index is 0.143. The van der Waals surface area contributed by atoms with Gasteiger partial charge in [-0.05, 0) is 36.2 Å². The molecule has 0 fully saturated rings. The molecule has 0 aliphatic heterocycles.